The minimum absolute atomic E-state index is 0.0451. The first-order valence-electron chi connectivity index (χ1n) is 12.1. The maximum Gasteiger partial charge on any atom is 0.270 e. The van der Waals surface area contributed by atoms with Crippen molar-refractivity contribution >= 4 is 29.4 Å². The number of likely N-dealkylation sites (tertiary alicyclic amines) is 1. The Hall–Kier alpha value is -3.27. The Bertz CT molecular complexity index is 1190. The number of piperidine rings is 1. The van der Waals surface area contributed by atoms with Gasteiger partial charge in [-0.15, -0.1) is 10.2 Å². The molecule has 9 nitrogen and oxygen atoms in total. The van der Waals surface area contributed by atoms with Crippen LogP contribution in [-0.4, -0.2) is 75.4 Å². The molecule has 10 heteroatoms. The molecule has 1 N–H and O–H groups in total. The van der Waals surface area contributed by atoms with Crippen LogP contribution >= 0.6 is 11.8 Å². The SMILES string of the molecule is COc1ccccc1-n1c(SCC(=O)c2c[nH]c(C(=O)N3CCCC3)c2)nnc1N1CCCCC1. The number of amides is 1. The summed E-state index contributed by atoms with van der Waals surface area (Å²) in [5.41, 5.74) is 1.81. The van der Waals surface area contributed by atoms with Crippen molar-refractivity contribution in [2.45, 2.75) is 37.3 Å². The van der Waals surface area contributed by atoms with E-state index < -0.39 is 0 Å². The maximum absolute atomic E-state index is 13.0. The Morgan fingerprint density at radius 3 is 2.54 bits per heavy atom. The molecular formula is C25H30N6O3S. The lowest BCUT2D eigenvalue weighted by molar-refractivity contribution is 0.0787. The number of carbonyl (C=O) groups excluding carboxylic acids is 2. The number of carbonyl (C=O) groups is 2. The number of para-hydroxylation sites is 2. The first-order chi connectivity index (χ1) is 17.2. The van der Waals surface area contributed by atoms with Gasteiger partial charge in [-0.2, -0.15) is 0 Å². The van der Waals surface area contributed by atoms with Crippen LogP contribution < -0.4 is 9.64 Å². The van der Waals surface area contributed by atoms with Gasteiger partial charge in [-0.05, 0) is 50.3 Å². The Balaban J connectivity index is 1.36. The summed E-state index contributed by atoms with van der Waals surface area (Å²) in [6.07, 6.45) is 7.13. The highest BCUT2D eigenvalue weighted by Crippen LogP contribution is 2.33. The third-order valence-electron chi connectivity index (χ3n) is 6.54. The second-order valence-corrected chi connectivity index (χ2v) is 9.79. The smallest absolute Gasteiger partial charge is 0.270 e. The molecule has 2 aromatic heterocycles. The van der Waals surface area contributed by atoms with Crippen LogP contribution in [0.4, 0.5) is 5.95 Å². The van der Waals surface area contributed by atoms with E-state index in [0.717, 1.165) is 69.2 Å². The number of Topliss-reactive ketones (excluding diaryl/α,β-unsaturated/α-hetero) is 1. The van der Waals surface area contributed by atoms with Crippen LogP contribution in [0.1, 0.15) is 53.0 Å². The van der Waals surface area contributed by atoms with Gasteiger partial charge in [0.2, 0.25) is 5.95 Å². The summed E-state index contributed by atoms with van der Waals surface area (Å²) in [6.45, 7) is 3.39. The number of thioether (sulfide) groups is 1. The number of methoxy groups -OCH3 is 1. The highest BCUT2D eigenvalue weighted by molar-refractivity contribution is 7.99. The van der Waals surface area contributed by atoms with Crippen molar-refractivity contribution in [3.8, 4) is 11.4 Å². The number of hydrogen-bond donors (Lipinski definition) is 1. The molecule has 2 saturated heterocycles. The molecule has 0 radical (unpaired) electrons. The summed E-state index contributed by atoms with van der Waals surface area (Å²) in [7, 11) is 1.65. The van der Waals surface area contributed by atoms with E-state index in [4.69, 9.17) is 4.74 Å². The highest BCUT2D eigenvalue weighted by Gasteiger charge is 2.25. The predicted molar refractivity (Wildman–Crippen MR) is 135 cm³/mol. The van der Waals surface area contributed by atoms with Gasteiger partial charge in [-0.3, -0.25) is 14.2 Å². The summed E-state index contributed by atoms with van der Waals surface area (Å²) in [4.78, 5) is 32.7. The number of hydrogen-bond acceptors (Lipinski definition) is 7. The number of benzene rings is 1. The van der Waals surface area contributed by atoms with Gasteiger partial charge in [0.25, 0.3) is 5.91 Å². The molecule has 0 saturated carbocycles. The first kappa shape index (κ1) is 23.5. The van der Waals surface area contributed by atoms with Crippen molar-refractivity contribution in [1.82, 2.24) is 24.6 Å². The molecule has 1 aromatic carbocycles. The van der Waals surface area contributed by atoms with Gasteiger partial charge in [0.1, 0.15) is 11.4 Å². The average molecular weight is 495 g/mol. The van der Waals surface area contributed by atoms with E-state index in [1.165, 1.54) is 18.2 Å². The lowest BCUT2D eigenvalue weighted by Crippen LogP contribution is -2.31. The summed E-state index contributed by atoms with van der Waals surface area (Å²) in [5.74, 6) is 1.55. The Labute approximate surface area is 208 Å². The maximum atomic E-state index is 13.0. The van der Waals surface area contributed by atoms with Gasteiger partial charge in [-0.1, -0.05) is 23.9 Å². The summed E-state index contributed by atoms with van der Waals surface area (Å²) < 4.78 is 7.61. The molecule has 0 aliphatic carbocycles. The lowest BCUT2D eigenvalue weighted by atomic mass is 10.1. The van der Waals surface area contributed by atoms with Crippen LogP contribution in [0, 0.1) is 0 Å². The number of H-pyrrole nitrogens is 1. The van der Waals surface area contributed by atoms with E-state index in [1.54, 1.807) is 19.4 Å². The number of nitrogens with one attached hydrogen (secondary N) is 1. The second kappa shape index (κ2) is 10.6. The van der Waals surface area contributed by atoms with Gasteiger partial charge in [0.05, 0.1) is 18.6 Å². The average Bonchev–Trinajstić information content (AvgIpc) is 3.68. The monoisotopic (exact) mass is 494 g/mol. The topological polar surface area (TPSA) is 96.3 Å². The molecule has 4 heterocycles. The zero-order chi connectivity index (χ0) is 24.2. The molecule has 0 bridgehead atoms. The minimum Gasteiger partial charge on any atom is -0.495 e. The molecule has 2 aliphatic heterocycles. The molecular weight excluding hydrogens is 464 g/mol. The van der Waals surface area contributed by atoms with Crippen LogP contribution in [0.5, 0.6) is 5.75 Å². The van der Waals surface area contributed by atoms with Gasteiger partial charge < -0.3 is 19.5 Å². The van der Waals surface area contributed by atoms with Gasteiger partial charge >= 0.3 is 0 Å². The fourth-order valence-electron chi connectivity index (χ4n) is 4.66. The van der Waals surface area contributed by atoms with Gasteiger partial charge in [-0.25, -0.2) is 0 Å². The Morgan fingerprint density at radius 1 is 1.03 bits per heavy atom. The Kier molecular flexibility index (Phi) is 7.08. The normalized spacial score (nSPS) is 16.0. The van der Waals surface area contributed by atoms with Gasteiger partial charge in [0, 0.05) is 37.9 Å². The number of ketones is 1. The molecule has 5 rings (SSSR count). The molecule has 0 atom stereocenters. The molecule has 2 fully saturated rings. The van der Waals surface area contributed by atoms with Crippen LogP contribution in [-0.2, 0) is 0 Å². The largest absolute Gasteiger partial charge is 0.495 e. The molecule has 35 heavy (non-hydrogen) atoms. The Morgan fingerprint density at radius 2 is 1.77 bits per heavy atom. The standard InChI is InChI=1S/C25H30N6O3S/c1-34-22-10-4-3-9-20(22)31-24(30-13-5-2-6-14-30)27-28-25(31)35-17-21(32)18-15-19(26-16-18)23(33)29-11-7-8-12-29/h3-4,9-10,15-16,26H,2,5-8,11-14,17H2,1H3. The zero-order valence-corrected chi connectivity index (χ0v) is 20.7. The number of rotatable bonds is 8. The molecule has 0 unspecified atom stereocenters. The minimum atomic E-state index is -0.0687. The number of ether oxygens (including phenoxy) is 1. The van der Waals surface area contributed by atoms with Crippen molar-refractivity contribution in [1.29, 1.82) is 0 Å². The van der Waals surface area contributed by atoms with E-state index in [-0.39, 0.29) is 17.4 Å². The van der Waals surface area contributed by atoms with Crippen molar-refractivity contribution in [3.05, 3.63) is 47.8 Å². The molecule has 0 spiro atoms. The second-order valence-electron chi connectivity index (χ2n) is 8.85. The highest BCUT2D eigenvalue weighted by atomic mass is 32.2. The number of aromatic nitrogens is 4. The number of aromatic amines is 1. The van der Waals surface area contributed by atoms with E-state index in [1.807, 2.05) is 33.7 Å². The third kappa shape index (κ3) is 4.93. The van der Waals surface area contributed by atoms with Crippen LogP contribution in [0.3, 0.4) is 0 Å². The van der Waals surface area contributed by atoms with Gasteiger partial charge in [0.15, 0.2) is 10.9 Å². The molecule has 1 amide bonds. The van der Waals surface area contributed by atoms with E-state index in [9.17, 15) is 9.59 Å². The molecule has 3 aromatic rings. The predicted octanol–water partition coefficient (Wildman–Crippen LogP) is 3.81. The third-order valence-corrected chi connectivity index (χ3v) is 7.47. The molecule has 2 aliphatic rings. The summed E-state index contributed by atoms with van der Waals surface area (Å²) in [6, 6.07) is 9.43. The first-order valence-corrected chi connectivity index (χ1v) is 13.1. The van der Waals surface area contributed by atoms with E-state index >= 15 is 0 Å². The van der Waals surface area contributed by atoms with Crippen LogP contribution in [0.25, 0.3) is 5.69 Å². The quantitative estimate of drug-likeness (QED) is 0.376. The number of anilines is 1. The van der Waals surface area contributed by atoms with Crippen molar-refractivity contribution < 1.29 is 14.3 Å². The lowest BCUT2D eigenvalue weighted by Gasteiger charge is -2.28. The molecule has 184 valence electrons. The van der Waals surface area contributed by atoms with Crippen LogP contribution in [0.2, 0.25) is 0 Å². The number of nitrogens with zero attached hydrogens (tertiary/aromatic N) is 5. The zero-order valence-electron chi connectivity index (χ0n) is 19.9. The fourth-order valence-corrected chi connectivity index (χ4v) is 5.50. The van der Waals surface area contributed by atoms with Crippen molar-refractivity contribution in [2.75, 3.05) is 43.9 Å². The van der Waals surface area contributed by atoms with E-state index in [0.29, 0.717) is 16.4 Å². The van der Waals surface area contributed by atoms with E-state index in [2.05, 4.69) is 20.1 Å². The van der Waals surface area contributed by atoms with Crippen LogP contribution in [0.15, 0.2) is 41.7 Å². The fraction of sp³-hybridized carbons (Fsp3) is 0.440. The summed E-state index contributed by atoms with van der Waals surface area (Å²) >= 11 is 1.34. The summed E-state index contributed by atoms with van der Waals surface area (Å²) in [5, 5.41) is 9.59. The van der Waals surface area contributed by atoms with Crippen molar-refractivity contribution in [2.24, 2.45) is 0 Å². The van der Waals surface area contributed by atoms with Crippen molar-refractivity contribution in [3.63, 3.8) is 0 Å².